The van der Waals surface area contributed by atoms with E-state index in [-0.39, 0.29) is 10.8 Å². The molecule has 51 heavy (non-hydrogen) atoms. The van der Waals surface area contributed by atoms with E-state index in [4.69, 9.17) is 0 Å². The molecule has 7 aromatic carbocycles. The van der Waals surface area contributed by atoms with Gasteiger partial charge in [0.05, 0.1) is 20.6 Å². The third-order valence-electron chi connectivity index (χ3n) is 12.2. The number of nitrogens with zero attached hydrogens (tertiary/aromatic N) is 1. The standard InChI is InChI=1S/C48H37NSSi/c1-47(2)39-16-10-8-14-31(39)35-24-37-38-25-36-32-15-9-11-17-40(32)48(3,4)42(36)27-44(38)49(43(37)26-41(35)47)28-18-20-33-34-21-19-30(23-46(34)50-45(33)22-28)51-29-12-6-5-7-13-29/h5-27H,51H2,1-4H3. The fourth-order valence-electron chi connectivity index (χ4n) is 9.57. The van der Waals surface area contributed by atoms with Crippen LogP contribution in [0.25, 0.3) is 69.9 Å². The molecule has 0 amide bonds. The monoisotopic (exact) mass is 687 g/mol. The molecule has 0 bridgehead atoms. The Bertz CT molecular complexity index is 2820. The van der Waals surface area contributed by atoms with Gasteiger partial charge in [-0.3, -0.25) is 0 Å². The van der Waals surface area contributed by atoms with Crippen LogP contribution in [0.3, 0.4) is 0 Å². The zero-order valence-corrected chi connectivity index (χ0v) is 31.6. The first kappa shape index (κ1) is 29.5. The summed E-state index contributed by atoms with van der Waals surface area (Å²) in [5.41, 5.74) is 14.8. The van der Waals surface area contributed by atoms with Crippen LogP contribution in [-0.4, -0.2) is 14.1 Å². The summed E-state index contributed by atoms with van der Waals surface area (Å²) in [6.45, 7) is 9.57. The molecular weight excluding hydrogens is 651 g/mol. The lowest BCUT2D eigenvalue weighted by molar-refractivity contribution is 0.660. The van der Waals surface area contributed by atoms with E-state index in [1.165, 1.54) is 103 Å². The van der Waals surface area contributed by atoms with Gasteiger partial charge in [0.2, 0.25) is 0 Å². The molecule has 0 atom stereocenters. The Labute approximate surface area is 304 Å². The van der Waals surface area contributed by atoms with E-state index in [1.54, 1.807) is 0 Å². The highest BCUT2D eigenvalue weighted by molar-refractivity contribution is 7.26. The Morgan fingerprint density at radius 2 is 0.961 bits per heavy atom. The van der Waals surface area contributed by atoms with Crippen molar-refractivity contribution in [1.82, 2.24) is 4.57 Å². The molecule has 2 heterocycles. The second-order valence-corrected chi connectivity index (χ2v) is 18.9. The van der Waals surface area contributed by atoms with Gasteiger partial charge in [-0.15, -0.1) is 11.3 Å². The fraction of sp³-hybridized carbons (Fsp3) is 0.125. The first-order chi connectivity index (χ1) is 24.8. The van der Waals surface area contributed by atoms with Crippen LogP contribution in [0.5, 0.6) is 0 Å². The average molecular weight is 688 g/mol. The van der Waals surface area contributed by atoms with E-state index < -0.39 is 9.52 Å². The van der Waals surface area contributed by atoms with Crippen LogP contribution in [0, 0.1) is 0 Å². The van der Waals surface area contributed by atoms with Gasteiger partial charge in [-0.05, 0) is 87.0 Å². The molecule has 0 N–H and O–H groups in total. The van der Waals surface area contributed by atoms with Gasteiger partial charge in [0, 0.05) is 47.5 Å². The number of benzene rings is 7. The second-order valence-electron chi connectivity index (χ2n) is 15.8. The average Bonchev–Trinajstić information content (AvgIpc) is 3.80. The predicted molar refractivity (Wildman–Crippen MR) is 223 cm³/mol. The van der Waals surface area contributed by atoms with Crippen LogP contribution in [0.4, 0.5) is 0 Å². The molecule has 3 heteroatoms. The SMILES string of the molecule is CC1(C)c2ccccc2-c2cc3c4cc5c(cc4n(-c4ccc6c(c4)sc4cc([SiH2]c7ccccc7)ccc46)c3cc21)C(C)(C)c1ccccc1-5. The number of hydrogen-bond acceptors (Lipinski definition) is 1. The molecular formula is C48H37NSSi. The van der Waals surface area contributed by atoms with Crippen molar-refractivity contribution in [2.24, 2.45) is 0 Å². The Morgan fingerprint density at radius 1 is 0.431 bits per heavy atom. The van der Waals surface area contributed by atoms with Gasteiger partial charge in [-0.1, -0.05) is 135 Å². The van der Waals surface area contributed by atoms with Crippen molar-refractivity contribution in [2.45, 2.75) is 38.5 Å². The molecule has 2 aliphatic carbocycles. The van der Waals surface area contributed by atoms with Gasteiger partial charge >= 0.3 is 0 Å². The van der Waals surface area contributed by atoms with Gasteiger partial charge < -0.3 is 4.57 Å². The smallest absolute Gasteiger partial charge is 0.0875 e. The molecule has 244 valence electrons. The van der Waals surface area contributed by atoms with Gasteiger partial charge in [0.1, 0.15) is 0 Å². The molecule has 0 aliphatic heterocycles. The first-order valence-electron chi connectivity index (χ1n) is 18.1. The number of aromatic nitrogens is 1. The number of hydrogen-bond donors (Lipinski definition) is 0. The Balaban J connectivity index is 1.17. The van der Waals surface area contributed by atoms with Crippen molar-refractivity contribution in [3.63, 3.8) is 0 Å². The predicted octanol–water partition coefficient (Wildman–Crippen LogP) is 10.9. The zero-order valence-electron chi connectivity index (χ0n) is 29.3. The van der Waals surface area contributed by atoms with Crippen molar-refractivity contribution in [2.75, 3.05) is 0 Å². The fourth-order valence-corrected chi connectivity index (χ4v) is 12.4. The van der Waals surface area contributed by atoms with Crippen molar-refractivity contribution >= 4 is 73.2 Å². The van der Waals surface area contributed by atoms with Crippen LogP contribution in [-0.2, 0) is 10.8 Å². The van der Waals surface area contributed by atoms with E-state index in [0.29, 0.717) is 0 Å². The molecule has 0 unspecified atom stereocenters. The quantitative estimate of drug-likeness (QED) is 0.163. The molecule has 9 aromatic rings. The van der Waals surface area contributed by atoms with E-state index in [0.717, 1.165) is 0 Å². The van der Waals surface area contributed by atoms with Crippen LogP contribution in [0.2, 0.25) is 0 Å². The molecule has 0 fully saturated rings. The van der Waals surface area contributed by atoms with Crippen LogP contribution >= 0.6 is 11.3 Å². The third kappa shape index (κ3) is 4.02. The summed E-state index contributed by atoms with van der Waals surface area (Å²) >= 11 is 1.94. The summed E-state index contributed by atoms with van der Waals surface area (Å²) < 4.78 is 5.31. The van der Waals surface area contributed by atoms with Gasteiger partial charge in [-0.2, -0.15) is 0 Å². The minimum Gasteiger partial charge on any atom is -0.309 e. The van der Waals surface area contributed by atoms with Crippen molar-refractivity contribution < 1.29 is 0 Å². The molecule has 0 saturated heterocycles. The molecule has 1 nitrogen and oxygen atoms in total. The Kier molecular flexibility index (Phi) is 5.89. The maximum absolute atomic E-state index is 2.57. The molecule has 0 spiro atoms. The Morgan fingerprint density at radius 3 is 1.57 bits per heavy atom. The van der Waals surface area contributed by atoms with Crippen molar-refractivity contribution in [3.05, 3.63) is 162 Å². The van der Waals surface area contributed by atoms with E-state index in [1.807, 2.05) is 11.3 Å². The van der Waals surface area contributed by atoms with Gasteiger partial charge in [-0.25, -0.2) is 0 Å². The maximum Gasteiger partial charge on any atom is 0.0875 e. The lowest BCUT2D eigenvalue weighted by Gasteiger charge is -2.22. The number of rotatable bonds is 3. The molecule has 11 rings (SSSR count). The zero-order chi connectivity index (χ0) is 34.2. The van der Waals surface area contributed by atoms with E-state index >= 15 is 0 Å². The van der Waals surface area contributed by atoms with Crippen LogP contribution in [0.1, 0.15) is 49.9 Å². The summed E-state index contributed by atoms with van der Waals surface area (Å²) in [6.07, 6.45) is 0. The maximum atomic E-state index is 2.57. The van der Waals surface area contributed by atoms with Crippen LogP contribution < -0.4 is 10.4 Å². The van der Waals surface area contributed by atoms with Gasteiger partial charge in [0.15, 0.2) is 0 Å². The lowest BCUT2D eigenvalue weighted by atomic mass is 9.82. The normalized spacial score (nSPS) is 15.3. The Hall–Kier alpha value is -5.22. The molecule has 2 aromatic heterocycles. The summed E-state index contributed by atoms with van der Waals surface area (Å²) in [5, 5.41) is 8.35. The van der Waals surface area contributed by atoms with E-state index in [2.05, 4.69) is 172 Å². The minimum absolute atomic E-state index is 0.0692. The van der Waals surface area contributed by atoms with E-state index in [9.17, 15) is 0 Å². The highest BCUT2D eigenvalue weighted by Gasteiger charge is 2.38. The third-order valence-corrected chi connectivity index (χ3v) is 15.0. The molecule has 0 saturated carbocycles. The highest BCUT2D eigenvalue weighted by Crippen LogP contribution is 2.54. The van der Waals surface area contributed by atoms with Crippen molar-refractivity contribution in [1.29, 1.82) is 0 Å². The minimum atomic E-state index is -0.512. The van der Waals surface area contributed by atoms with Crippen LogP contribution in [0.15, 0.2) is 140 Å². The summed E-state index contributed by atoms with van der Waals surface area (Å²) in [4.78, 5) is 0. The number of fused-ring (bicyclic) bond motifs is 12. The topological polar surface area (TPSA) is 4.93 Å². The highest BCUT2D eigenvalue weighted by atomic mass is 32.1. The summed E-state index contributed by atoms with van der Waals surface area (Å²) in [7, 11) is -0.512. The summed E-state index contributed by atoms with van der Waals surface area (Å²) in [6, 6.07) is 53.5. The second kappa shape index (κ2) is 10.2. The van der Waals surface area contributed by atoms with Gasteiger partial charge in [0.25, 0.3) is 0 Å². The lowest BCUT2D eigenvalue weighted by Crippen LogP contribution is -2.26. The molecule has 2 aliphatic rings. The van der Waals surface area contributed by atoms with Crippen molar-refractivity contribution in [3.8, 4) is 27.9 Å². The number of thiophene rings is 1. The largest absolute Gasteiger partial charge is 0.309 e. The molecule has 0 radical (unpaired) electrons. The summed E-state index contributed by atoms with van der Waals surface area (Å²) in [5.74, 6) is 0. The first-order valence-corrected chi connectivity index (χ1v) is 20.4.